The molecule has 0 fully saturated rings. The Balaban J connectivity index is 2.67. The normalized spacial score (nSPS) is 9.82. The number of urea groups is 1. The minimum Gasteiger partial charge on any atom is -0.469 e. The van der Waals surface area contributed by atoms with Crippen LogP contribution in [0.5, 0.6) is 0 Å². The van der Waals surface area contributed by atoms with Gasteiger partial charge in [-0.2, -0.15) is 0 Å². The standard InChI is InChI=1S/C10H15N3O3S/c1-4-11-9(15)13-10-12-6(2)7(17-10)5-8(14)16-3/h4-5H2,1-3H3,(H2,11,12,13,15). The van der Waals surface area contributed by atoms with Crippen LogP contribution in [0.4, 0.5) is 9.93 Å². The molecule has 0 saturated carbocycles. The fourth-order valence-electron chi connectivity index (χ4n) is 1.15. The van der Waals surface area contributed by atoms with E-state index in [0.29, 0.717) is 11.7 Å². The number of carbonyl (C=O) groups is 2. The molecule has 1 aromatic rings. The highest BCUT2D eigenvalue weighted by atomic mass is 32.1. The highest BCUT2D eigenvalue weighted by Crippen LogP contribution is 2.23. The van der Waals surface area contributed by atoms with Gasteiger partial charge in [-0.15, -0.1) is 11.3 Å². The third-order valence-corrected chi connectivity index (χ3v) is 3.06. The summed E-state index contributed by atoms with van der Waals surface area (Å²) in [6, 6.07) is -0.300. The van der Waals surface area contributed by atoms with Gasteiger partial charge >= 0.3 is 12.0 Å². The zero-order valence-corrected chi connectivity index (χ0v) is 10.8. The number of aromatic nitrogens is 1. The summed E-state index contributed by atoms with van der Waals surface area (Å²) >= 11 is 1.27. The van der Waals surface area contributed by atoms with Gasteiger partial charge in [-0.05, 0) is 13.8 Å². The second kappa shape index (κ2) is 6.19. The van der Waals surface area contributed by atoms with Crippen LogP contribution in [0.2, 0.25) is 0 Å². The summed E-state index contributed by atoms with van der Waals surface area (Å²) in [5, 5.41) is 5.68. The highest BCUT2D eigenvalue weighted by Gasteiger charge is 2.13. The third kappa shape index (κ3) is 4.03. The van der Waals surface area contributed by atoms with Crippen molar-refractivity contribution in [1.29, 1.82) is 0 Å². The Morgan fingerprint density at radius 2 is 2.18 bits per heavy atom. The van der Waals surface area contributed by atoms with E-state index in [0.717, 1.165) is 10.6 Å². The largest absolute Gasteiger partial charge is 0.469 e. The maximum atomic E-state index is 11.3. The van der Waals surface area contributed by atoms with Crippen LogP contribution in [0.25, 0.3) is 0 Å². The Morgan fingerprint density at radius 1 is 1.47 bits per heavy atom. The van der Waals surface area contributed by atoms with Crippen molar-refractivity contribution in [3.05, 3.63) is 10.6 Å². The van der Waals surface area contributed by atoms with Crippen molar-refractivity contribution >= 4 is 28.5 Å². The van der Waals surface area contributed by atoms with Gasteiger partial charge in [0, 0.05) is 11.4 Å². The Labute approximate surface area is 103 Å². The van der Waals surface area contributed by atoms with Crippen LogP contribution in [-0.4, -0.2) is 30.6 Å². The molecule has 6 nitrogen and oxygen atoms in total. The molecular formula is C10H15N3O3S. The number of ether oxygens (including phenoxy) is 1. The fourth-order valence-corrected chi connectivity index (χ4v) is 2.09. The van der Waals surface area contributed by atoms with Crippen molar-refractivity contribution in [2.45, 2.75) is 20.3 Å². The van der Waals surface area contributed by atoms with Gasteiger partial charge in [0.05, 0.1) is 19.2 Å². The molecule has 2 amide bonds. The van der Waals surface area contributed by atoms with Crippen LogP contribution >= 0.6 is 11.3 Å². The Morgan fingerprint density at radius 3 is 2.76 bits per heavy atom. The van der Waals surface area contributed by atoms with Gasteiger partial charge in [0.25, 0.3) is 0 Å². The predicted molar refractivity (Wildman–Crippen MR) is 65.3 cm³/mol. The zero-order valence-electron chi connectivity index (χ0n) is 9.99. The zero-order chi connectivity index (χ0) is 12.8. The summed E-state index contributed by atoms with van der Waals surface area (Å²) in [7, 11) is 1.34. The van der Waals surface area contributed by atoms with Crippen molar-refractivity contribution in [2.24, 2.45) is 0 Å². The number of anilines is 1. The SMILES string of the molecule is CCNC(=O)Nc1nc(C)c(CC(=O)OC)s1. The van der Waals surface area contributed by atoms with E-state index in [1.807, 2.05) is 6.92 Å². The van der Waals surface area contributed by atoms with E-state index in [-0.39, 0.29) is 18.4 Å². The van der Waals surface area contributed by atoms with Gasteiger partial charge in [-0.1, -0.05) is 0 Å². The van der Waals surface area contributed by atoms with Crippen LogP contribution in [0.15, 0.2) is 0 Å². The van der Waals surface area contributed by atoms with E-state index in [1.54, 1.807) is 6.92 Å². The molecule has 17 heavy (non-hydrogen) atoms. The monoisotopic (exact) mass is 257 g/mol. The second-order valence-electron chi connectivity index (χ2n) is 3.26. The van der Waals surface area contributed by atoms with E-state index in [4.69, 9.17) is 0 Å². The number of nitrogens with zero attached hydrogens (tertiary/aromatic N) is 1. The number of amides is 2. The lowest BCUT2D eigenvalue weighted by molar-refractivity contribution is -0.139. The lowest BCUT2D eigenvalue weighted by Crippen LogP contribution is -2.28. The lowest BCUT2D eigenvalue weighted by atomic mass is 10.3. The number of aryl methyl sites for hydroxylation is 1. The van der Waals surface area contributed by atoms with E-state index in [1.165, 1.54) is 18.4 Å². The summed E-state index contributed by atoms with van der Waals surface area (Å²) in [6.45, 7) is 4.16. The number of thiazole rings is 1. The molecule has 94 valence electrons. The van der Waals surface area contributed by atoms with E-state index >= 15 is 0 Å². The molecule has 2 N–H and O–H groups in total. The molecule has 0 aliphatic heterocycles. The van der Waals surface area contributed by atoms with Crippen LogP contribution in [-0.2, 0) is 16.0 Å². The van der Waals surface area contributed by atoms with Crippen molar-refractivity contribution in [3.63, 3.8) is 0 Å². The number of carbonyl (C=O) groups excluding carboxylic acids is 2. The first kappa shape index (κ1) is 13.4. The van der Waals surface area contributed by atoms with Gasteiger partial charge in [0.15, 0.2) is 5.13 Å². The Hall–Kier alpha value is -1.63. The molecule has 1 aromatic heterocycles. The number of rotatable bonds is 4. The van der Waals surface area contributed by atoms with Gasteiger partial charge in [0.1, 0.15) is 0 Å². The molecule has 0 bridgehead atoms. The van der Waals surface area contributed by atoms with Crippen molar-refractivity contribution in [3.8, 4) is 0 Å². The second-order valence-corrected chi connectivity index (χ2v) is 4.35. The van der Waals surface area contributed by atoms with Crippen LogP contribution in [0.1, 0.15) is 17.5 Å². The number of methoxy groups -OCH3 is 1. The number of hydrogen-bond acceptors (Lipinski definition) is 5. The molecule has 0 radical (unpaired) electrons. The molecule has 1 heterocycles. The fraction of sp³-hybridized carbons (Fsp3) is 0.500. The van der Waals surface area contributed by atoms with Crippen LogP contribution in [0.3, 0.4) is 0 Å². The smallest absolute Gasteiger partial charge is 0.321 e. The number of nitrogens with one attached hydrogen (secondary N) is 2. The lowest BCUT2D eigenvalue weighted by Gasteiger charge is -2.00. The van der Waals surface area contributed by atoms with Gasteiger partial charge in [-0.25, -0.2) is 9.78 Å². The minimum atomic E-state index is -0.318. The topological polar surface area (TPSA) is 80.3 Å². The summed E-state index contributed by atoms with van der Waals surface area (Å²) in [5.74, 6) is -0.318. The van der Waals surface area contributed by atoms with Crippen molar-refractivity contribution in [2.75, 3.05) is 19.0 Å². The predicted octanol–water partition coefficient (Wildman–Crippen LogP) is 1.31. The van der Waals surface area contributed by atoms with E-state index in [9.17, 15) is 9.59 Å². The molecule has 7 heteroatoms. The molecule has 1 rings (SSSR count). The molecule has 0 unspecified atom stereocenters. The number of esters is 1. The molecule has 0 aliphatic carbocycles. The van der Waals surface area contributed by atoms with E-state index in [2.05, 4.69) is 20.4 Å². The molecule has 0 atom stereocenters. The quantitative estimate of drug-likeness (QED) is 0.797. The summed E-state index contributed by atoms with van der Waals surface area (Å²) < 4.78 is 4.58. The first-order valence-corrected chi connectivity index (χ1v) is 5.96. The van der Waals surface area contributed by atoms with Gasteiger partial charge in [-0.3, -0.25) is 10.1 Å². The summed E-state index contributed by atoms with van der Waals surface area (Å²) in [6.07, 6.45) is 0.178. The molecule has 0 spiro atoms. The summed E-state index contributed by atoms with van der Waals surface area (Å²) in [4.78, 5) is 27.3. The average molecular weight is 257 g/mol. The Bertz CT molecular complexity index is 417. The third-order valence-electron chi connectivity index (χ3n) is 1.98. The molecule has 0 saturated heterocycles. The molecular weight excluding hydrogens is 242 g/mol. The van der Waals surface area contributed by atoms with Crippen LogP contribution < -0.4 is 10.6 Å². The maximum absolute atomic E-state index is 11.3. The van der Waals surface area contributed by atoms with Gasteiger partial charge in [0.2, 0.25) is 0 Å². The van der Waals surface area contributed by atoms with E-state index < -0.39 is 0 Å². The average Bonchev–Trinajstić information content (AvgIpc) is 2.59. The maximum Gasteiger partial charge on any atom is 0.321 e. The first-order valence-electron chi connectivity index (χ1n) is 5.14. The number of hydrogen-bond donors (Lipinski definition) is 2. The summed E-state index contributed by atoms with van der Waals surface area (Å²) in [5.41, 5.74) is 0.729. The Kier molecular flexibility index (Phi) is 4.89. The minimum absolute atomic E-state index is 0.178. The van der Waals surface area contributed by atoms with Crippen LogP contribution in [0, 0.1) is 6.92 Å². The van der Waals surface area contributed by atoms with Crippen molar-refractivity contribution < 1.29 is 14.3 Å². The first-order chi connectivity index (χ1) is 8.06. The van der Waals surface area contributed by atoms with Gasteiger partial charge < -0.3 is 10.1 Å². The highest BCUT2D eigenvalue weighted by molar-refractivity contribution is 7.16. The molecule has 0 aromatic carbocycles. The van der Waals surface area contributed by atoms with Crippen molar-refractivity contribution in [1.82, 2.24) is 10.3 Å². The molecule has 0 aliphatic rings.